The Morgan fingerprint density at radius 2 is 0.571 bits per heavy atom. The summed E-state index contributed by atoms with van der Waals surface area (Å²) in [7, 11) is 17.7. The summed E-state index contributed by atoms with van der Waals surface area (Å²) in [4.78, 5) is 0. The Morgan fingerprint density at radius 1 is 0.429 bits per heavy atom. The van der Waals surface area contributed by atoms with Crippen molar-refractivity contribution in [2.75, 3.05) is 56.4 Å². The Morgan fingerprint density at radius 3 is 0.571 bits per heavy atom. The number of quaternary nitrogens is 3. The van der Waals surface area contributed by atoms with Gasteiger partial charge in [-0.2, -0.15) is 0 Å². The molecule has 0 bridgehead atoms. The Balaban J connectivity index is -0.000000167. The third kappa shape index (κ3) is 5.01. The van der Waals surface area contributed by atoms with Gasteiger partial charge in [-0.1, -0.05) is 0 Å². The second kappa shape index (κ2) is 6.36. The molecule has 6 heteroatoms. The lowest BCUT2D eigenvalue weighted by Gasteiger charge is -2.48. The van der Waals surface area contributed by atoms with Crippen LogP contribution in [0.4, 0.5) is 0 Å². The molecule has 0 spiro atoms. The van der Waals surface area contributed by atoms with Crippen LogP contribution in [0.5, 0.6) is 0 Å². The molecule has 0 aliphatic carbocycles. The quantitative estimate of drug-likeness (QED) is 0.345. The molecule has 0 fully saturated rings. The van der Waals surface area contributed by atoms with Crippen LogP contribution in [-0.2, 0) is 0 Å². The maximum Gasteiger partial charge on any atom is 0.162 e. The van der Waals surface area contributed by atoms with E-state index in [0.717, 1.165) is 13.9 Å². The molecule has 0 N–H and O–H groups in total. The number of rotatable bonds is 2. The van der Waals surface area contributed by atoms with Gasteiger partial charge in [0.2, 0.25) is 0 Å². The number of halogens is 3. The van der Waals surface area contributed by atoms with E-state index < -0.39 is 0 Å². The molecule has 0 atom stereocenters. The molecule has 14 heavy (non-hydrogen) atoms. The monoisotopic (exact) mass is 267 g/mol. The average molecular weight is 269 g/mol. The van der Waals surface area contributed by atoms with Crippen LogP contribution in [0, 0.1) is 0 Å². The van der Waals surface area contributed by atoms with E-state index in [-0.39, 0.29) is 37.2 Å². The van der Waals surface area contributed by atoms with Crippen molar-refractivity contribution in [3.8, 4) is 0 Å². The molecule has 0 aromatic rings. The molecule has 0 radical (unpaired) electrons. The van der Waals surface area contributed by atoms with Gasteiger partial charge in [-0.15, -0.1) is 9.18 Å². The molecule has 3 nitrogen and oxygen atoms in total. The van der Waals surface area contributed by atoms with Crippen LogP contribution < -0.4 is 37.2 Å². The Kier molecular flexibility index (Phi) is 11.0. The van der Waals surface area contributed by atoms with Crippen molar-refractivity contribution in [1.29, 1.82) is 0 Å². The fourth-order valence-corrected chi connectivity index (χ4v) is 0.805. The van der Waals surface area contributed by atoms with Crippen LogP contribution in [0.2, 0.25) is 0 Å². The molecular weight excluding hydrogens is 244 g/mol. The predicted octanol–water partition coefficient (Wildman–Crippen LogP) is -8.68. The molecule has 0 aliphatic rings. The zero-order valence-electron chi connectivity index (χ0n) is 10.5. The molecule has 0 aromatic carbocycles. The highest BCUT2D eigenvalue weighted by atomic mass is 35.5. The van der Waals surface area contributed by atoms with Gasteiger partial charge >= 0.3 is 0 Å². The highest BCUT2D eigenvalue weighted by molar-refractivity contribution is 3.91. The first kappa shape index (κ1) is 24.1. The van der Waals surface area contributed by atoms with E-state index in [1.165, 1.54) is 0 Å². The molecule has 92 valence electrons. The van der Waals surface area contributed by atoms with E-state index in [1.54, 1.807) is 0 Å². The maximum absolute atomic E-state index is 2.24. The Bertz CT molecular complexity index is 131. The first-order chi connectivity index (χ1) is 4.50. The second-order valence-electron chi connectivity index (χ2n) is 5.22. The summed E-state index contributed by atoms with van der Waals surface area (Å²) in [5.74, 6) is 0. The predicted molar refractivity (Wildman–Crippen MR) is 48.2 cm³/mol. The summed E-state index contributed by atoms with van der Waals surface area (Å²) in [5.41, 5.74) is 0. The molecule has 0 aromatic heterocycles. The lowest BCUT2D eigenvalue weighted by atomic mass is 10.7. The summed E-state index contributed by atoms with van der Waals surface area (Å²) in [5, 5.41) is 0. The maximum atomic E-state index is 2.24. The van der Waals surface area contributed by atoms with Gasteiger partial charge in [-0.3, -0.25) is 0 Å². The molecule has 0 unspecified atom stereocenters. The lowest BCUT2D eigenvalue weighted by Crippen LogP contribution is -3.00. The number of nitrogens with zero attached hydrogens (tertiary/aromatic N) is 3. The topological polar surface area (TPSA) is 0 Å². The standard InChI is InChI=1S/C8H24N3.3ClH/c1-9(2,3)11(7,8)10(4,5)6;;;/h1-8H3;3*1H/q+3;;;/p-3. The second-order valence-corrected chi connectivity index (χ2v) is 5.22. The van der Waals surface area contributed by atoms with E-state index in [2.05, 4.69) is 56.4 Å². The molecular formula is C8H24Cl3N3. The molecule has 0 aliphatic heterocycles. The summed E-state index contributed by atoms with van der Waals surface area (Å²) in [6.07, 6.45) is 0. The third-order valence-electron chi connectivity index (χ3n) is 2.94. The van der Waals surface area contributed by atoms with E-state index in [1.807, 2.05) is 0 Å². The van der Waals surface area contributed by atoms with E-state index in [4.69, 9.17) is 0 Å². The minimum absolute atomic E-state index is 0. The van der Waals surface area contributed by atoms with Gasteiger partial charge in [-0.05, 0) is 4.70 Å². The molecule has 0 saturated heterocycles. The van der Waals surface area contributed by atoms with Crippen molar-refractivity contribution in [3.05, 3.63) is 0 Å². The Hall–Kier alpha value is 0.750. The van der Waals surface area contributed by atoms with Gasteiger partial charge in [-0.25, -0.2) is 0 Å². The van der Waals surface area contributed by atoms with Crippen LogP contribution in [0.15, 0.2) is 0 Å². The third-order valence-corrected chi connectivity index (χ3v) is 2.94. The highest BCUT2D eigenvalue weighted by Crippen LogP contribution is 2.16. The zero-order chi connectivity index (χ0) is 9.50. The van der Waals surface area contributed by atoms with Crippen LogP contribution in [0.1, 0.15) is 0 Å². The van der Waals surface area contributed by atoms with Crippen molar-refractivity contribution in [2.45, 2.75) is 0 Å². The first-order valence-corrected chi connectivity index (χ1v) is 3.98. The molecule has 0 saturated carbocycles. The zero-order valence-corrected chi connectivity index (χ0v) is 12.7. The van der Waals surface area contributed by atoms with Gasteiger partial charge < -0.3 is 37.2 Å². The largest absolute Gasteiger partial charge is 1.00 e. The summed E-state index contributed by atoms with van der Waals surface area (Å²) in [6.45, 7) is 0. The normalized spacial score (nSPS) is 12.0. The van der Waals surface area contributed by atoms with E-state index in [0.29, 0.717) is 0 Å². The van der Waals surface area contributed by atoms with Crippen molar-refractivity contribution < 1.29 is 51.1 Å². The van der Waals surface area contributed by atoms with E-state index in [9.17, 15) is 0 Å². The van der Waals surface area contributed by atoms with Gasteiger partial charge in [0.05, 0.1) is 0 Å². The SMILES string of the molecule is C[N+](C)(C)[N+](C)(C)[N+](C)(C)C.[Cl-].[Cl-].[Cl-]. The minimum atomic E-state index is 0. The Labute approximate surface area is 108 Å². The highest BCUT2D eigenvalue weighted by Gasteiger charge is 2.43. The van der Waals surface area contributed by atoms with Crippen molar-refractivity contribution >= 4 is 0 Å². The van der Waals surface area contributed by atoms with Crippen LogP contribution in [0.25, 0.3) is 0 Å². The van der Waals surface area contributed by atoms with Gasteiger partial charge in [0.1, 0.15) is 42.3 Å². The summed E-state index contributed by atoms with van der Waals surface area (Å²) >= 11 is 0. The van der Waals surface area contributed by atoms with E-state index >= 15 is 0 Å². The van der Waals surface area contributed by atoms with Crippen LogP contribution in [0.3, 0.4) is 0 Å². The molecule has 0 amide bonds. The van der Waals surface area contributed by atoms with Crippen LogP contribution >= 0.6 is 0 Å². The van der Waals surface area contributed by atoms with Gasteiger partial charge in [0, 0.05) is 0 Å². The van der Waals surface area contributed by atoms with Crippen molar-refractivity contribution in [1.82, 2.24) is 0 Å². The van der Waals surface area contributed by atoms with Crippen molar-refractivity contribution in [3.63, 3.8) is 0 Å². The minimum Gasteiger partial charge on any atom is -1.00 e. The lowest BCUT2D eigenvalue weighted by molar-refractivity contribution is -1.72. The number of hydrogen-bond donors (Lipinski definition) is 0. The molecule has 0 rings (SSSR count). The fourth-order valence-electron chi connectivity index (χ4n) is 0.805. The fraction of sp³-hybridized carbons (Fsp3) is 1.00. The summed E-state index contributed by atoms with van der Waals surface area (Å²) < 4.78 is 2.76. The van der Waals surface area contributed by atoms with Gasteiger partial charge in [0.15, 0.2) is 14.1 Å². The number of hydrogen-bond acceptors (Lipinski definition) is 0. The first-order valence-electron chi connectivity index (χ1n) is 3.98. The summed E-state index contributed by atoms with van der Waals surface area (Å²) in [6, 6.07) is 0. The smallest absolute Gasteiger partial charge is 0.162 e. The molecule has 0 heterocycles. The average Bonchev–Trinajstić information content (AvgIpc) is 1.58. The van der Waals surface area contributed by atoms with Crippen LogP contribution in [-0.4, -0.2) is 70.3 Å². The van der Waals surface area contributed by atoms with Crippen molar-refractivity contribution in [2.24, 2.45) is 0 Å². The van der Waals surface area contributed by atoms with Gasteiger partial charge in [0.25, 0.3) is 0 Å².